The van der Waals surface area contributed by atoms with E-state index in [9.17, 15) is 17.6 Å². The third kappa shape index (κ3) is 2.85. The number of imidazole rings is 1. The van der Waals surface area contributed by atoms with Crippen LogP contribution in [0, 0.1) is 23.5 Å². The maximum absolute atomic E-state index is 13.9. The molecule has 10 heteroatoms. The zero-order valence-electron chi connectivity index (χ0n) is 13.3. The molecular formula is C16H13F4N5O. The number of ether oxygens (including phenoxy) is 1. The molecule has 0 spiro atoms. The van der Waals surface area contributed by atoms with E-state index in [-0.39, 0.29) is 23.2 Å². The number of halogens is 4. The van der Waals surface area contributed by atoms with Crippen molar-refractivity contribution in [1.29, 1.82) is 0 Å². The van der Waals surface area contributed by atoms with Crippen LogP contribution in [-0.4, -0.2) is 26.1 Å². The molecule has 1 saturated heterocycles. The summed E-state index contributed by atoms with van der Waals surface area (Å²) >= 11 is 0. The molecular weight excluding hydrogens is 354 g/mol. The van der Waals surface area contributed by atoms with E-state index in [2.05, 4.69) is 20.3 Å². The molecule has 0 aliphatic carbocycles. The third-order valence-corrected chi connectivity index (χ3v) is 4.15. The van der Waals surface area contributed by atoms with Gasteiger partial charge >= 0.3 is 6.08 Å². The Morgan fingerprint density at radius 2 is 1.92 bits per heavy atom. The van der Waals surface area contributed by atoms with Crippen molar-refractivity contribution in [2.45, 2.75) is 25.5 Å². The number of rotatable bonds is 3. The number of aromatic nitrogens is 4. The molecule has 4 rings (SSSR count). The van der Waals surface area contributed by atoms with Gasteiger partial charge in [-0.2, -0.15) is 14.4 Å². The molecule has 3 aromatic rings. The lowest BCUT2D eigenvalue weighted by molar-refractivity contribution is -0.0298. The lowest BCUT2D eigenvalue weighted by atomic mass is 10.2. The van der Waals surface area contributed by atoms with Gasteiger partial charge in [0.25, 0.3) is 0 Å². The van der Waals surface area contributed by atoms with Crippen molar-refractivity contribution in [2.75, 3.05) is 11.9 Å². The summed E-state index contributed by atoms with van der Waals surface area (Å²) in [6, 6.07) is 1.74. The van der Waals surface area contributed by atoms with Gasteiger partial charge in [-0.05, 0) is 31.4 Å². The quantitative estimate of drug-likeness (QED) is 0.433. The molecule has 1 fully saturated rings. The van der Waals surface area contributed by atoms with Crippen LogP contribution in [0.15, 0.2) is 18.5 Å². The molecule has 136 valence electrons. The molecule has 0 bridgehead atoms. The molecule has 6 nitrogen and oxygen atoms in total. The first kappa shape index (κ1) is 16.7. The van der Waals surface area contributed by atoms with Crippen molar-refractivity contribution >= 4 is 22.7 Å². The maximum atomic E-state index is 13.9. The molecule has 26 heavy (non-hydrogen) atoms. The van der Waals surface area contributed by atoms with Crippen molar-refractivity contribution in [3.05, 3.63) is 42.0 Å². The molecule has 3 heterocycles. The van der Waals surface area contributed by atoms with Crippen molar-refractivity contribution < 1.29 is 22.3 Å². The number of hydrogen-bond acceptors (Lipinski definition) is 5. The Morgan fingerprint density at radius 1 is 1.08 bits per heavy atom. The van der Waals surface area contributed by atoms with Crippen LogP contribution in [0.3, 0.4) is 0 Å². The van der Waals surface area contributed by atoms with E-state index in [0.29, 0.717) is 6.61 Å². The summed E-state index contributed by atoms with van der Waals surface area (Å²) in [5.74, 6) is -4.56. The van der Waals surface area contributed by atoms with Gasteiger partial charge in [0.05, 0.1) is 12.0 Å². The Hall–Kier alpha value is -2.75. The number of hydrogen-bond donors (Lipinski definition) is 1. The highest BCUT2D eigenvalue weighted by atomic mass is 19.2. The average Bonchev–Trinajstić information content (AvgIpc) is 3.07. The van der Waals surface area contributed by atoms with Crippen LogP contribution in [-0.2, 0) is 4.74 Å². The fourth-order valence-corrected chi connectivity index (χ4v) is 2.88. The van der Waals surface area contributed by atoms with Crippen molar-refractivity contribution in [2.24, 2.45) is 0 Å². The minimum Gasteiger partial charge on any atom is -0.358 e. The van der Waals surface area contributed by atoms with Crippen LogP contribution in [0.25, 0.3) is 11.2 Å². The van der Waals surface area contributed by atoms with Gasteiger partial charge in [-0.1, -0.05) is 0 Å². The highest BCUT2D eigenvalue weighted by molar-refractivity contribution is 5.85. The number of benzene rings is 1. The monoisotopic (exact) mass is 367 g/mol. The second-order valence-corrected chi connectivity index (χ2v) is 5.83. The van der Waals surface area contributed by atoms with Crippen LogP contribution in [0.1, 0.15) is 25.5 Å². The molecule has 1 atom stereocenters. The molecule has 1 unspecified atom stereocenters. The lowest BCUT2D eigenvalue weighted by Crippen LogP contribution is -2.18. The second-order valence-electron chi connectivity index (χ2n) is 5.83. The molecule has 0 radical (unpaired) electrons. The van der Waals surface area contributed by atoms with Gasteiger partial charge in [-0.15, -0.1) is 0 Å². The van der Waals surface area contributed by atoms with E-state index in [1.807, 2.05) is 0 Å². The summed E-state index contributed by atoms with van der Waals surface area (Å²) < 4.78 is 61.5. The van der Waals surface area contributed by atoms with E-state index in [0.717, 1.165) is 31.4 Å². The van der Waals surface area contributed by atoms with Gasteiger partial charge in [-0.3, -0.25) is 4.57 Å². The standard InChI is InChI=1S/C16H13F4N5O/c17-8-4-5-9(12(19)11(8)18)22-14-13-15(24-16(20)23-14)25(7-21-13)10-3-1-2-6-26-10/h4-5,7,10H,1-3,6H2,(H,22,23,24). The predicted molar refractivity (Wildman–Crippen MR) is 83.7 cm³/mol. The Bertz CT molecular complexity index is 971. The van der Waals surface area contributed by atoms with Gasteiger partial charge in [-0.25, -0.2) is 18.2 Å². The molecule has 0 amide bonds. The van der Waals surface area contributed by atoms with Gasteiger partial charge in [0.2, 0.25) is 0 Å². The third-order valence-electron chi connectivity index (χ3n) is 4.15. The summed E-state index contributed by atoms with van der Waals surface area (Å²) in [5, 5.41) is 2.45. The van der Waals surface area contributed by atoms with Crippen molar-refractivity contribution in [3.63, 3.8) is 0 Å². The van der Waals surface area contributed by atoms with E-state index in [1.54, 1.807) is 4.57 Å². The number of anilines is 2. The Labute approximate surface area is 144 Å². The first-order valence-corrected chi connectivity index (χ1v) is 7.97. The number of fused-ring (bicyclic) bond motifs is 1. The normalized spacial score (nSPS) is 17.6. The van der Waals surface area contributed by atoms with Gasteiger partial charge in [0.1, 0.15) is 6.23 Å². The van der Waals surface area contributed by atoms with E-state index >= 15 is 0 Å². The predicted octanol–water partition coefficient (Wildman–Crippen LogP) is 3.83. The Balaban J connectivity index is 1.76. The summed E-state index contributed by atoms with van der Waals surface area (Å²) in [5.41, 5.74) is -0.0774. The highest BCUT2D eigenvalue weighted by Gasteiger charge is 2.22. The average molecular weight is 367 g/mol. The van der Waals surface area contributed by atoms with E-state index < -0.39 is 29.2 Å². The summed E-state index contributed by atoms with van der Waals surface area (Å²) in [6.07, 6.45) is 2.63. The first-order chi connectivity index (χ1) is 12.5. The zero-order chi connectivity index (χ0) is 18.3. The van der Waals surface area contributed by atoms with Crippen LogP contribution in [0.2, 0.25) is 0 Å². The zero-order valence-corrected chi connectivity index (χ0v) is 13.3. The Morgan fingerprint density at radius 3 is 2.69 bits per heavy atom. The van der Waals surface area contributed by atoms with E-state index in [4.69, 9.17) is 4.74 Å². The minimum absolute atomic E-state index is 0.157. The molecule has 2 aromatic heterocycles. The number of nitrogens with zero attached hydrogens (tertiary/aromatic N) is 4. The summed E-state index contributed by atoms with van der Waals surface area (Å²) in [7, 11) is 0. The SMILES string of the molecule is Fc1nc(Nc2ccc(F)c(F)c2F)c2ncn(C3CCCCO3)c2n1. The first-order valence-electron chi connectivity index (χ1n) is 7.97. The number of nitrogens with one attached hydrogen (secondary N) is 1. The van der Waals surface area contributed by atoms with Gasteiger partial charge < -0.3 is 10.1 Å². The summed E-state index contributed by atoms with van der Waals surface area (Å²) in [6.45, 7) is 0.573. The van der Waals surface area contributed by atoms with Crippen molar-refractivity contribution in [3.8, 4) is 0 Å². The summed E-state index contributed by atoms with van der Waals surface area (Å²) in [4.78, 5) is 11.4. The fraction of sp³-hybridized carbons (Fsp3) is 0.312. The van der Waals surface area contributed by atoms with Crippen molar-refractivity contribution in [1.82, 2.24) is 19.5 Å². The topological polar surface area (TPSA) is 64.9 Å². The van der Waals surface area contributed by atoms with Gasteiger partial charge in [0, 0.05) is 6.61 Å². The second kappa shape index (κ2) is 6.52. The molecule has 1 aromatic carbocycles. The molecule has 1 aliphatic heterocycles. The Kier molecular flexibility index (Phi) is 4.19. The molecule has 1 aliphatic rings. The van der Waals surface area contributed by atoms with Crippen LogP contribution in [0.5, 0.6) is 0 Å². The van der Waals surface area contributed by atoms with Crippen LogP contribution >= 0.6 is 0 Å². The maximum Gasteiger partial charge on any atom is 0.312 e. The van der Waals surface area contributed by atoms with E-state index in [1.165, 1.54) is 6.33 Å². The molecule has 1 N–H and O–H groups in total. The lowest BCUT2D eigenvalue weighted by Gasteiger charge is -2.23. The van der Waals surface area contributed by atoms with Crippen LogP contribution < -0.4 is 5.32 Å². The molecule has 0 saturated carbocycles. The smallest absolute Gasteiger partial charge is 0.312 e. The largest absolute Gasteiger partial charge is 0.358 e. The van der Waals surface area contributed by atoms with Gasteiger partial charge in [0.15, 0.2) is 34.4 Å². The fourth-order valence-electron chi connectivity index (χ4n) is 2.88. The highest BCUT2D eigenvalue weighted by Crippen LogP contribution is 2.30. The minimum atomic E-state index is -1.64. The van der Waals surface area contributed by atoms with Crippen LogP contribution in [0.4, 0.5) is 29.1 Å².